The van der Waals surface area contributed by atoms with Gasteiger partial charge in [0.05, 0.1) is 18.8 Å². The van der Waals surface area contributed by atoms with Crippen LogP contribution in [0.5, 0.6) is 5.88 Å². The molecule has 2 bridgehead atoms. The van der Waals surface area contributed by atoms with Gasteiger partial charge in [0.1, 0.15) is 0 Å². The number of ether oxygens (including phenoxy) is 2. The Balaban J connectivity index is 1.64. The molecule has 4 heterocycles. The first-order valence-electron chi connectivity index (χ1n) is 9.88. The van der Waals surface area contributed by atoms with E-state index in [1.165, 1.54) is 11.1 Å². The van der Waals surface area contributed by atoms with Crippen molar-refractivity contribution in [2.45, 2.75) is 69.6 Å². The van der Waals surface area contributed by atoms with Gasteiger partial charge < -0.3 is 20.1 Å². The molecule has 5 rings (SSSR count). The van der Waals surface area contributed by atoms with Crippen LogP contribution in [0.1, 0.15) is 55.6 Å². The second-order valence-electron chi connectivity index (χ2n) is 7.90. The van der Waals surface area contributed by atoms with Crippen LogP contribution >= 0.6 is 0 Å². The first-order chi connectivity index (χ1) is 12.6. The molecule has 6 heteroatoms. The number of hydrogen-bond donors (Lipinski definition) is 1. The Bertz CT molecular complexity index is 658. The number of rotatable bonds is 0. The molecule has 2 N–H and O–H groups in total. The van der Waals surface area contributed by atoms with Gasteiger partial charge in [-0.25, -0.2) is 4.98 Å². The third-order valence-corrected chi connectivity index (χ3v) is 6.24. The van der Waals surface area contributed by atoms with Crippen LogP contribution in [0.3, 0.4) is 0 Å². The van der Waals surface area contributed by atoms with Gasteiger partial charge in [0.15, 0.2) is 6.61 Å². The number of nitrogens with zero attached hydrogens (tertiary/aromatic N) is 2. The Labute approximate surface area is 155 Å². The number of fused-ring (bicyclic) bond motifs is 5. The first kappa shape index (κ1) is 17.7. The summed E-state index contributed by atoms with van der Waals surface area (Å²) < 4.78 is 12.2. The first-order valence-corrected chi connectivity index (χ1v) is 9.88. The quantitative estimate of drug-likeness (QED) is 0.768. The predicted octanol–water partition coefficient (Wildman–Crippen LogP) is 2.14. The van der Waals surface area contributed by atoms with Crippen LogP contribution in [0, 0.1) is 6.92 Å². The third kappa shape index (κ3) is 3.45. The number of aromatic nitrogens is 1. The fraction of sp³-hybridized carbons (Fsp3) is 0.700. The third-order valence-electron chi connectivity index (χ3n) is 6.24. The van der Waals surface area contributed by atoms with Crippen LogP contribution in [0.25, 0.3) is 0 Å². The summed E-state index contributed by atoms with van der Waals surface area (Å²) in [5, 5.41) is 0. The molecule has 2 atom stereocenters. The second-order valence-corrected chi connectivity index (χ2v) is 7.90. The summed E-state index contributed by atoms with van der Waals surface area (Å²) >= 11 is 0. The average Bonchev–Trinajstić information content (AvgIpc) is 2.66. The number of pyridine rings is 1. The van der Waals surface area contributed by atoms with Crippen LogP contribution in [0.15, 0.2) is 12.3 Å². The molecule has 1 saturated carbocycles. The summed E-state index contributed by atoms with van der Waals surface area (Å²) in [7, 11) is 0. The van der Waals surface area contributed by atoms with Gasteiger partial charge in [0, 0.05) is 24.3 Å². The van der Waals surface area contributed by atoms with Crippen molar-refractivity contribution in [3.05, 3.63) is 23.4 Å². The van der Waals surface area contributed by atoms with Gasteiger partial charge in [0.25, 0.3) is 5.91 Å². The van der Waals surface area contributed by atoms with E-state index in [1.54, 1.807) is 6.20 Å². The van der Waals surface area contributed by atoms with Crippen molar-refractivity contribution in [2.75, 3.05) is 19.8 Å². The van der Waals surface area contributed by atoms with Crippen LogP contribution < -0.4 is 10.5 Å². The van der Waals surface area contributed by atoms with Crippen molar-refractivity contribution < 1.29 is 14.3 Å². The van der Waals surface area contributed by atoms with Crippen LogP contribution in [-0.2, 0) is 9.53 Å². The molecule has 1 aromatic rings. The number of carbonyl (C=O) groups is 1. The maximum Gasteiger partial charge on any atom is 0.260 e. The average molecular weight is 359 g/mol. The summed E-state index contributed by atoms with van der Waals surface area (Å²) in [5.74, 6) is 1.04. The Morgan fingerprint density at radius 3 is 2.85 bits per heavy atom. The summed E-state index contributed by atoms with van der Waals surface area (Å²) in [6.45, 7) is 3.38. The number of aryl methyl sites for hydroxylation is 1. The molecule has 6 nitrogen and oxygen atoms in total. The molecule has 0 spiro atoms. The Kier molecular flexibility index (Phi) is 5.14. The minimum absolute atomic E-state index is 0.0167. The van der Waals surface area contributed by atoms with Gasteiger partial charge in [-0.1, -0.05) is 0 Å². The van der Waals surface area contributed by atoms with Gasteiger partial charge in [0.2, 0.25) is 5.88 Å². The van der Waals surface area contributed by atoms with E-state index in [4.69, 9.17) is 15.2 Å². The lowest BCUT2D eigenvalue weighted by molar-refractivity contribution is -0.140. The standard InChI is InChI=1S/C20H29N3O3/c1-13-8-9-22-20-19(13)14-4-6-15(7-5-14)25-11-17-16(21)3-2-10-23(17)18(24)12-26-20/h8-9,14-17H,2-7,10-12,21H2,1H3/t14-,15+,16-,17-/m0/s1. The SMILES string of the molecule is Cc1ccnc2c1[C@H]1CC[C@H](CC1)OC[C@H]1[C@@H](N)CCCN1C(=O)CO2. The smallest absolute Gasteiger partial charge is 0.260 e. The van der Waals surface area contributed by atoms with Gasteiger partial charge in [-0.15, -0.1) is 0 Å². The highest BCUT2D eigenvalue weighted by molar-refractivity contribution is 5.78. The fourth-order valence-corrected chi connectivity index (χ4v) is 4.73. The molecule has 1 aromatic heterocycles. The van der Waals surface area contributed by atoms with Crippen molar-refractivity contribution in [3.8, 4) is 5.88 Å². The van der Waals surface area contributed by atoms with Crippen LogP contribution in [0.2, 0.25) is 0 Å². The molecule has 4 aliphatic rings. The molecule has 1 saturated heterocycles. The molecule has 1 amide bonds. The van der Waals surface area contributed by atoms with E-state index in [2.05, 4.69) is 11.9 Å². The zero-order chi connectivity index (χ0) is 18.1. The van der Waals surface area contributed by atoms with Crippen molar-refractivity contribution in [1.82, 2.24) is 9.88 Å². The van der Waals surface area contributed by atoms with Crippen molar-refractivity contribution >= 4 is 5.91 Å². The summed E-state index contributed by atoms with van der Waals surface area (Å²) in [6.07, 6.45) is 8.12. The number of hydrogen-bond acceptors (Lipinski definition) is 5. The largest absolute Gasteiger partial charge is 0.467 e. The molecule has 0 unspecified atom stereocenters. The lowest BCUT2D eigenvalue weighted by Gasteiger charge is -2.40. The zero-order valence-electron chi connectivity index (χ0n) is 15.5. The molecule has 0 aromatic carbocycles. The van der Waals surface area contributed by atoms with E-state index in [9.17, 15) is 4.79 Å². The van der Waals surface area contributed by atoms with E-state index in [0.29, 0.717) is 18.4 Å². The molecule has 142 valence electrons. The van der Waals surface area contributed by atoms with Gasteiger partial charge in [-0.05, 0) is 63.0 Å². The van der Waals surface area contributed by atoms with E-state index in [1.807, 2.05) is 11.0 Å². The predicted molar refractivity (Wildman–Crippen MR) is 98.1 cm³/mol. The fourth-order valence-electron chi connectivity index (χ4n) is 4.73. The maximum atomic E-state index is 12.8. The minimum Gasteiger partial charge on any atom is -0.467 e. The number of amides is 1. The molecule has 0 radical (unpaired) electrons. The molecular weight excluding hydrogens is 330 g/mol. The van der Waals surface area contributed by atoms with E-state index < -0.39 is 0 Å². The summed E-state index contributed by atoms with van der Waals surface area (Å²) in [4.78, 5) is 19.2. The van der Waals surface area contributed by atoms with Gasteiger partial charge >= 0.3 is 0 Å². The molecule has 1 aliphatic carbocycles. The lowest BCUT2D eigenvalue weighted by Crippen LogP contribution is -2.57. The summed E-state index contributed by atoms with van der Waals surface area (Å²) in [6, 6.07) is 1.95. The lowest BCUT2D eigenvalue weighted by atomic mass is 9.81. The van der Waals surface area contributed by atoms with Crippen molar-refractivity contribution in [1.29, 1.82) is 0 Å². The monoisotopic (exact) mass is 359 g/mol. The Morgan fingerprint density at radius 2 is 2.04 bits per heavy atom. The minimum atomic E-state index is -0.0525. The zero-order valence-corrected chi connectivity index (χ0v) is 15.5. The number of carbonyl (C=O) groups excluding carboxylic acids is 1. The topological polar surface area (TPSA) is 77.7 Å². The van der Waals surface area contributed by atoms with Crippen LogP contribution in [-0.4, -0.2) is 53.7 Å². The molecule has 2 fully saturated rings. The normalized spacial score (nSPS) is 32.5. The van der Waals surface area contributed by atoms with E-state index >= 15 is 0 Å². The molecule has 26 heavy (non-hydrogen) atoms. The molecule has 3 aliphatic heterocycles. The van der Waals surface area contributed by atoms with E-state index in [0.717, 1.165) is 45.1 Å². The highest BCUT2D eigenvalue weighted by Gasteiger charge is 2.35. The van der Waals surface area contributed by atoms with E-state index in [-0.39, 0.29) is 30.7 Å². The highest BCUT2D eigenvalue weighted by Crippen LogP contribution is 2.39. The Morgan fingerprint density at radius 1 is 1.23 bits per heavy atom. The van der Waals surface area contributed by atoms with Crippen molar-refractivity contribution in [2.24, 2.45) is 5.73 Å². The number of nitrogens with two attached hydrogens (primary N) is 1. The highest BCUT2D eigenvalue weighted by atomic mass is 16.5. The molecular formula is C20H29N3O3. The van der Waals surface area contributed by atoms with Gasteiger partial charge in [-0.3, -0.25) is 4.79 Å². The second kappa shape index (κ2) is 7.53. The summed E-state index contributed by atoms with van der Waals surface area (Å²) in [5.41, 5.74) is 8.69. The van der Waals surface area contributed by atoms with Gasteiger partial charge in [-0.2, -0.15) is 0 Å². The maximum absolute atomic E-state index is 12.8. The van der Waals surface area contributed by atoms with Crippen molar-refractivity contribution in [3.63, 3.8) is 0 Å². The van der Waals surface area contributed by atoms with Crippen LogP contribution in [0.4, 0.5) is 0 Å². The Hall–Kier alpha value is -1.66. The number of piperidine rings is 1.